The van der Waals surface area contributed by atoms with Gasteiger partial charge >= 0.3 is 0 Å². The van der Waals surface area contributed by atoms with Crippen LogP contribution in [0.15, 0.2) is 40.9 Å². The van der Waals surface area contributed by atoms with Gasteiger partial charge in [0.05, 0.1) is 4.88 Å². The molecule has 7 nitrogen and oxygen atoms in total. The van der Waals surface area contributed by atoms with Gasteiger partial charge in [0.2, 0.25) is 11.8 Å². The molecule has 0 saturated carbocycles. The lowest BCUT2D eigenvalue weighted by atomic mass is 10.2. The summed E-state index contributed by atoms with van der Waals surface area (Å²) in [5.41, 5.74) is 1.05. The van der Waals surface area contributed by atoms with Crippen molar-refractivity contribution in [2.75, 3.05) is 13.7 Å². The van der Waals surface area contributed by atoms with Gasteiger partial charge in [-0.15, -0.1) is 21.5 Å². The highest BCUT2D eigenvalue weighted by atomic mass is 32.1. The lowest BCUT2D eigenvalue weighted by Gasteiger charge is -2.00. The minimum Gasteiger partial charge on any atom is -0.423 e. The molecule has 0 aliphatic rings. The summed E-state index contributed by atoms with van der Waals surface area (Å²) in [6.45, 7) is 0.675. The minimum absolute atomic E-state index is 0.209. The average Bonchev–Trinajstić information content (AvgIpc) is 3.26. The van der Waals surface area contributed by atoms with E-state index in [1.165, 1.54) is 11.3 Å². The first kappa shape index (κ1) is 16.3. The largest absolute Gasteiger partial charge is 0.423 e. The highest BCUT2D eigenvalue weighted by molar-refractivity contribution is 7.16. The topological polar surface area (TPSA) is 90.1 Å². The Bertz CT molecular complexity index is 801. The van der Waals surface area contributed by atoms with Crippen LogP contribution in [0.25, 0.3) is 10.4 Å². The van der Waals surface area contributed by atoms with Crippen LogP contribution in [0, 0.1) is 0 Å². The molecule has 2 aromatic heterocycles. The van der Waals surface area contributed by atoms with Gasteiger partial charge in [0.25, 0.3) is 5.91 Å². The number of thiazole rings is 1. The lowest BCUT2D eigenvalue weighted by molar-refractivity contribution is 0.0953. The minimum atomic E-state index is -0.209. The normalized spacial score (nSPS) is 10.7. The molecule has 0 unspecified atom stereocenters. The second-order valence-electron chi connectivity index (χ2n) is 4.92. The van der Waals surface area contributed by atoms with E-state index >= 15 is 0 Å². The average molecular weight is 344 g/mol. The second-order valence-corrected chi connectivity index (χ2v) is 5.95. The summed E-state index contributed by atoms with van der Waals surface area (Å²) in [4.78, 5) is 17.3. The number of hydrogen-bond donors (Lipinski definition) is 1. The molecule has 2 heterocycles. The smallest absolute Gasteiger partial charge is 0.280 e. The van der Waals surface area contributed by atoms with E-state index < -0.39 is 0 Å². The summed E-state index contributed by atoms with van der Waals surface area (Å²) in [6, 6.07) is 9.84. The van der Waals surface area contributed by atoms with Crippen LogP contribution in [-0.4, -0.2) is 34.7 Å². The summed E-state index contributed by atoms with van der Waals surface area (Å²) in [6.07, 6.45) is 2.17. The molecule has 0 saturated heterocycles. The third-order valence-electron chi connectivity index (χ3n) is 3.16. The molecule has 1 aromatic carbocycles. The van der Waals surface area contributed by atoms with Crippen LogP contribution in [-0.2, 0) is 17.8 Å². The Kier molecular flexibility index (Phi) is 5.29. The van der Waals surface area contributed by atoms with Crippen molar-refractivity contribution in [2.24, 2.45) is 0 Å². The van der Waals surface area contributed by atoms with E-state index in [9.17, 15) is 4.79 Å². The SMILES string of the molecule is COCc1nnc(CCNC(=O)c2ncc(-c3ccccc3)s2)o1. The predicted octanol–water partition coefficient (Wildman–Crippen LogP) is 2.31. The Labute approximate surface area is 142 Å². The quantitative estimate of drug-likeness (QED) is 0.707. The first-order valence-corrected chi connectivity index (χ1v) is 8.17. The van der Waals surface area contributed by atoms with Gasteiger partial charge in [-0.2, -0.15) is 0 Å². The molecule has 0 bridgehead atoms. The number of nitrogens with one attached hydrogen (secondary N) is 1. The molecule has 24 heavy (non-hydrogen) atoms. The van der Waals surface area contributed by atoms with Crippen molar-refractivity contribution in [2.45, 2.75) is 13.0 Å². The van der Waals surface area contributed by atoms with Gasteiger partial charge in [0.1, 0.15) is 6.61 Å². The maximum Gasteiger partial charge on any atom is 0.280 e. The van der Waals surface area contributed by atoms with E-state index in [0.717, 1.165) is 10.4 Å². The van der Waals surface area contributed by atoms with E-state index in [1.54, 1.807) is 13.3 Å². The van der Waals surface area contributed by atoms with E-state index in [2.05, 4.69) is 20.5 Å². The van der Waals surface area contributed by atoms with Gasteiger partial charge in [-0.3, -0.25) is 4.79 Å². The number of aromatic nitrogens is 3. The van der Waals surface area contributed by atoms with E-state index in [1.807, 2.05) is 30.3 Å². The van der Waals surface area contributed by atoms with Crippen molar-refractivity contribution in [3.05, 3.63) is 53.3 Å². The number of nitrogens with zero attached hydrogens (tertiary/aromatic N) is 3. The number of hydrogen-bond acceptors (Lipinski definition) is 7. The molecule has 0 radical (unpaired) electrons. The van der Waals surface area contributed by atoms with Gasteiger partial charge in [-0.1, -0.05) is 30.3 Å². The molecule has 124 valence electrons. The molecule has 0 aliphatic heterocycles. The van der Waals surface area contributed by atoms with Gasteiger partial charge in [-0.25, -0.2) is 4.98 Å². The molecular weight excluding hydrogens is 328 g/mol. The van der Waals surface area contributed by atoms with Crippen LogP contribution in [0.5, 0.6) is 0 Å². The number of amides is 1. The van der Waals surface area contributed by atoms with Crippen LogP contribution >= 0.6 is 11.3 Å². The maximum atomic E-state index is 12.1. The summed E-state index contributed by atoms with van der Waals surface area (Å²) >= 11 is 1.36. The summed E-state index contributed by atoms with van der Waals surface area (Å²) in [5, 5.41) is 11.0. The molecule has 0 fully saturated rings. The number of methoxy groups -OCH3 is 1. The van der Waals surface area contributed by atoms with Gasteiger partial charge < -0.3 is 14.5 Å². The number of ether oxygens (including phenoxy) is 1. The van der Waals surface area contributed by atoms with Crippen molar-refractivity contribution >= 4 is 17.2 Å². The maximum absolute atomic E-state index is 12.1. The number of benzene rings is 1. The third-order valence-corrected chi connectivity index (χ3v) is 4.20. The Morgan fingerprint density at radius 3 is 2.83 bits per heavy atom. The second kappa shape index (κ2) is 7.80. The number of carbonyl (C=O) groups is 1. The number of carbonyl (C=O) groups excluding carboxylic acids is 1. The molecule has 0 spiro atoms. The van der Waals surface area contributed by atoms with Crippen molar-refractivity contribution < 1.29 is 13.9 Å². The molecule has 3 rings (SSSR count). The van der Waals surface area contributed by atoms with Gasteiger partial charge in [0.15, 0.2) is 5.01 Å². The Morgan fingerprint density at radius 2 is 2.04 bits per heavy atom. The Hall–Kier alpha value is -2.58. The van der Waals surface area contributed by atoms with Crippen molar-refractivity contribution in [1.82, 2.24) is 20.5 Å². The predicted molar refractivity (Wildman–Crippen MR) is 88.6 cm³/mol. The summed E-state index contributed by atoms with van der Waals surface area (Å²) in [5.74, 6) is 0.677. The first-order chi connectivity index (χ1) is 11.8. The zero-order chi connectivity index (χ0) is 16.8. The Morgan fingerprint density at radius 1 is 1.25 bits per heavy atom. The highest BCUT2D eigenvalue weighted by Crippen LogP contribution is 2.25. The molecule has 0 atom stereocenters. The van der Waals surface area contributed by atoms with Crippen molar-refractivity contribution in [3.63, 3.8) is 0 Å². The fourth-order valence-electron chi connectivity index (χ4n) is 2.04. The summed E-state index contributed by atoms with van der Waals surface area (Å²) < 4.78 is 10.3. The highest BCUT2D eigenvalue weighted by Gasteiger charge is 2.12. The van der Waals surface area contributed by atoms with Crippen molar-refractivity contribution in [1.29, 1.82) is 0 Å². The van der Waals surface area contributed by atoms with Crippen LogP contribution in [0.1, 0.15) is 21.6 Å². The van der Waals surface area contributed by atoms with E-state index in [4.69, 9.17) is 9.15 Å². The van der Waals surface area contributed by atoms with E-state index in [0.29, 0.717) is 29.8 Å². The Balaban J connectivity index is 1.53. The fraction of sp³-hybridized carbons (Fsp3) is 0.250. The molecule has 1 N–H and O–H groups in total. The van der Waals surface area contributed by atoms with Crippen LogP contribution in [0.2, 0.25) is 0 Å². The molecular formula is C16H16N4O3S. The standard InChI is InChI=1S/C16H16N4O3S/c1-22-10-14-20-19-13(23-14)7-8-17-15(21)16-18-9-12(24-16)11-5-3-2-4-6-11/h2-6,9H,7-8,10H2,1H3,(H,17,21). The molecule has 8 heteroatoms. The van der Waals surface area contributed by atoms with E-state index in [-0.39, 0.29) is 12.5 Å². The van der Waals surface area contributed by atoms with Crippen LogP contribution in [0.3, 0.4) is 0 Å². The lowest BCUT2D eigenvalue weighted by Crippen LogP contribution is -2.25. The molecule has 1 amide bonds. The van der Waals surface area contributed by atoms with Gasteiger partial charge in [0, 0.05) is 26.3 Å². The van der Waals surface area contributed by atoms with Gasteiger partial charge in [-0.05, 0) is 5.56 Å². The summed E-state index contributed by atoms with van der Waals surface area (Å²) in [7, 11) is 1.56. The zero-order valence-electron chi connectivity index (χ0n) is 13.1. The van der Waals surface area contributed by atoms with Crippen molar-refractivity contribution in [3.8, 4) is 10.4 Å². The third kappa shape index (κ3) is 4.03. The van der Waals surface area contributed by atoms with Crippen LogP contribution in [0.4, 0.5) is 0 Å². The van der Waals surface area contributed by atoms with Crippen LogP contribution < -0.4 is 5.32 Å². The number of rotatable bonds is 7. The first-order valence-electron chi connectivity index (χ1n) is 7.36. The zero-order valence-corrected chi connectivity index (χ0v) is 13.9. The molecule has 0 aliphatic carbocycles. The molecule has 3 aromatic rings. The monoisotopic (exact) mass is 344 g/mol. The fourth-order valence-corrected chi connectivity index (χ4v) is 2.88.